The summed E-state index contributed by atoms with van der Waals surface area (Å²) in [6.45, 7) is 4.78. The van der Waals surface area contributed by atoms with Gasteiger partial charge in [0.1, 0.15) is 10.8 Å². The van der Waals surface area contributed by atoms with Crippen LogP contribution >= 0.6 is 11.3 Å². The van der Waals surface area contributed by atoms with Gasteiger partial charge in [-0.25, -0.2) is 0 Å². The molecule has 152 valence electrons. The molecule has 2 aromatic carbocycles. The number of nitrogens with zero attached hydrogens (tertiary/aromatic N) is 2. The Labute approximate surface area is 173 Å². The Morgan fingerprint density at radius 1 is 1.00 bits per heavy atom. The molecule has 1 aromatic heterocycles. The molecule has 0 unspecified atom stereocenters. The van der Waals surface area contributed by atoms with Crippen LogP contribution in [0.15, 0.2) is 42.5 Å². The molecular weight excluding hydrogens is 390 g/mol. The minimum atomic E-state index is -0.277. The number of hydrogen-bond acceptors (Lipinski definition) is 7. The van der Waals surface area contributed by atoms with Crippen LogP contribution in [-0.4, -0.2) is 36.4 Å². The van der Waals surface area contributed by atoms with Crippen molar-refractivity contribution in [1.82, 2.24) is 10.2 Å². The normalized spacial score (nSPS) is 10.4. The summed E-state index contributed by atoms with van der Waals surface area (Å²) in [5.74, 6) is 1.69. The van der Waals surface area contributed by atoms with Crippen molar-refractivity contribution in [1.29, 1.82) is 0 Å². The van der Waals surface area contributed by atoms with Crippen molar-refractivity contribution >= 4 is 22.4 Å². The molecule has 0 spiro atoms. The van der Waals surface area contributed by atoms with Crippen LogP contribution in [0, 0.1) is 0 Å². The van der Waals surface area contributed by atoms with Crippen LogP contribution in [0.2, 0.25) is 0 Å². The van der Waals surface area contributed by atoms with Gasteiger partial charge in [-0.3, -0.25) is 10.1 Å². The minimum absolute atomic E-state index is 0.277. The van der Waals surface area contributed by atoms with Gasteiger partial charge >= 0.3 is 0 Å². The zero-order valence-electron chi connectivity index (χ0n) is 16.6. The largest absolute Gasteiger partial charge is 0.497 e. The second-order valence-electron chi connectivity index (χ2n) is 6.01. The second kappa shape index (κ2) is 9.88. The number of amides is 1. The fourth-order valence-electron chi connectivity index (χ4n) is 2.66. The van der Waals surface area contributed by atoms with E-state index < -0.39 is 0 Å². The van der Waals surface area contributed by atoms with E-state index in [1.807, 2.05) is 38.1 Å². The predicted octanol–water partition coefficient (Wildman–Crippen LogP) is 4.19. The zero-order chi connectivity index (χ0) is 20.6. The number of hydrogen-bond donors (Lipinski definition) is 1. The number of carbonyl (C=O) groups excluding carboxylic acids is 1. The highest BCUT2D eigenvalue weighted by Crippen LogP contribution is 2.29. The van der Waals surface area contributed by atoms with Crippen LogP contribution in [-0.2, 0) is 6.42 Å². The molecule has 8 heteroatoms. The van der Waals surface area contributed by atoms with Gasteiger partial charge in [0, 0.05) is 12.0 Å². The summed E-state index contributed by atoms with van der Waals surface area (Å²) in [6, 6.07) is 12.9. The smallest absolute Gasteiger partial charge is 0.257 e. The van der Waals surface area contributed by atoms with E-state index in [4.69, 9.17) is 14.2 Å². The minimum Gasteiger partial charge on any atom is -0.497 e. The Morgan fingerprint density at radius 2 is 1.72 bits per heavy atom. The van der Waals surface area contributed by atoms with Crippen molar-refractivity contribution in [3.05, 3.63) is 58.6 Å². The standard InChI is InChI=1S/C21H23N3O4S/c1-4-27-17-11-8-15(13-18(17)28-5-2)20(25)22-21-24-23-19(29-21)12-14-6-9-16(26-3)10-7-14/h6-11,13H,4-5,12H2,1-3H3,(H,22,24,25). The average Bonchev–Trinajstić information content (AvgIpc) is 3.17. The van der Waals surface area contributed by atoms with Gasteiger partial charge in [0.25, 0.3) is 5.91 Å². The van der Waals surface area contributed by atoms with Gasteiger partial charge in [-0.1, -0.05) is 23.5 Å². The number of aromatic nitrogens is 2. The summed E-state index contributed by atoms with van der Waals surface area (Å²) in [5, 5.41) is 12.3. The second-order valence-corrected chi connectivity index (χ2v) is 7.07. The molecule has 0 aliphatic heterocycles. The van der Waals surface area contributed by atoms with Crippen molar-refractivity contribution in [2.75, 3.05) is 25.6 Å². The molecule has 3 aromatic rings. The molecule has 1 heterocycles. The molecule has 1 N–H and O–H groups in total. The van der Waals surface area contributed by atoms with Gasteiger partial charge in [0.2, 0.25) is 5.13 Å². The summed E-state index contributed by atoms with van der Waals surface area (Å²) in [5.41, 5.74) is 1.55. The van der Waals surface area contributed by atoms with Crippen LogP contribution in [0.5, 0.6) is 17.2 Å². The van der Waals surface area contributed by atoms with E-state index >= 15 is 0 Å². The first-order chi connectivity index (χ1) is 14.1. The Bertz CT molecular complexity index is 957. The Balaban J connectivity index is 1.67. The van der Waals surface area contributed by atoms with Crippen molar-refractivity contribution in [2.24, 2.45) is 0 Å². The van der Waals surface area contributed by atoms with Gasteiger partial charge in [-0.15, -0.1) is 10.2 Å². The fraction of sp³-hybridized carbons (Fsp3) is 0.286. The third-order valence-electron chi connectivity index (χ3n) is 4.01. The van der Waals surface area contributed by atoms with Crippen LogP contribution in [0.25, 0.3) is 0 Å². The molecule has 1 amide bonds. The number of methoxy groups -OCH3 is 1. The molecule has 0 saturated carbocycles. The van der Waals surface area contributed by atoms with Crippen LogP contribution in [0.4, 0.5) is 5.13 Å². The number of carbonyl (C=O) groups is 1. The number of ether oxygens (including phenoxy) is 3. The summed E-state index contributed by atoms with van der Waals surface area (Å²) in [6.07, 6.45) is 0.634. The third-order valence-corrected chi connectivity index (χ3v) is 4.85. The number of rotatable bonds is 9. The topological polar surface area (TPSA) is 82.6 Å². The average molecular weight is 413 g/mol. The van der Waals surface area contributed by atoms with Gasteiger partial charge in [-0.05, 0) is 49.7 Å². The van der Waals surface area contributed by atoms with Crippen LogP contribution in [0.1, 0.15) is 34.8 Å². The van der Waals surface area contributed by atoms with Crippen molar-refractivity contribution in [3.8, 4) is 17.2 Å². The highest BCUT2D eigenvalue weighted by Gasteiger charge is 2.14. The van der Waals surface area contributed by atoms with Crippen molar-refractivity contribution in [2.45, 2.75) is 20.3 Å². The molecule has 3 rings (SSSR count). The summed E-state index contributed by atoms with van der Waals surface area (Å²) >= 11 is 1.35. The lowest BCUT2D eigenvalue weighted by Crippen LogP contribution is -2.12. The molecule has 29 heavy (non-hydrogen) atoms. The molecule has 0 saturated heterocycles. The molecule has 7 nitrogen and oxygen atoms in total. The first-order valence-corrected chi connectivity index (χ1v) is 10.1. The summed E-state index contributed by atoms with van der Waals surface area (Å²) in [7, 11) is 1.64. The highest BCUT2D eigenvalue weighted by molar-refractivity contribution is 7.15. The van der Waals surface area contributed by atoms with Gasteiger partial charge in [0.05, 0.1) is 20.3 Å². The fourth-order valence-corrected chi connectivity index (χ4v) is 3.42. The Hall–Kier alpha value is -3.13. The van der Waals surface area contributed by atoms with E-state index in [2.05, 4.69) is 15.5 Å². The summed E-state index contributed by atoms with van der Waals surface area (Å²) < 4.78 is 16.3. The van der Waals surface area contributed by atoms with Gasteiger partial charge in [-0.2, -0.15) is 0 Å². The first-order valence-electron chi connectivity index (χ1n) is 9.29. The van der Waals surface area contributed by atoms with E-state index in [1.165, 1.54) is 11.3 Å². The number of nitrogens with one attached hydrogen (secondary N) is 1. The molecule has 0 atom stereocenters. The Morgan fingerprint density at radius 3 is 2.41 bits per heavy atom. The quantitative estimate of drug-likeness (QED) is 0.566. The van der Waals surface area contributed by atoms with E-state index in [0.29, 0.717) is 41.8 Å². The van der Waals surface area contributed by atoms with Crippen molar-refractivity contribution < 1.29 is 19.0 Å². The van der Waals surface area contributed by atoms with E-state index in [9.17, 15) is 4.79 Å². The predicted molar refractivity (Wildman–Crippen MR) is 112 cm³/mol. The first kappa shape index (κ1) is 20.6. The van der Waals surface area contributed by atoms with Crippen LogP contribution in [0.3, 0.4) is 0 Å². The molecular formula is C21H23N3O4S. The SMILES string of the molecule is CCOc1ccc(C(=O)Nc2nnc(Cc3ccc(OC)cc3)s2)cc1OCC. The lowest BCUT2D eigenvalue weighted by atomic mass is 10.1. The molecule has 0 aliphatic carbocycles. The maximum Gasteiger partial charge on any atom is 0.257 e. The molecule has 0 fully saturated rings. The monoisotopic (exact) mass is 413 g/mol. The van der Waals surface area contributed by atoms with Crippen LogP contribution < -0.4 is 19.5 Å². The number of anilines is 1. The lowest BCUT2D eigenvalue weighted by Gasteiger charge is -2.12. The van der Waals surface area contributed by atoms with Gasteiger partial charge < -0.3 is 14.2 Å². The lowest BCUT2D eigenvalue weighted by molar-refractivity contribution is 0.102. The van der Waals surface area contributed by atoms with E-state index in [0.717, 1.165) is 16.3 Å². The van der Waals surface area contributed by atoms with E-state index in [-0.39, 0.29) is 5.91 Å². The van der Waals surface area contributed by atoms with E-state index in [1.54, 1.807) is 25.3 Å². The third kappa shape index (κ3) is 5.45. The zero-order valence-corrected chi connectivity index (χ0v) is 17.4. The maximum absolute atomic E-state index is 12.6. The van der Waals surface area contributed by atoms with Gasteiger partial charge in [0.15, 0.2) is 11.5 Å². The molecule has 0 radical (unpaired) electrons. The number of benzene rings is 2. The molecule has 0 aliphatic rings. The Kier molecular flexibility index (Phi) is 7.02. The highest BCUT2D eigenvalue weighted by atomic mass is 32.1. The van der Waals surface area contributed by atoms with Crippen molar-refractivity contribution in [3.63, 3.8) is 0 Å². The summed E-state index contributed by atoms with van der Waals surface area (Å²) in [4.78, 5) is 12.6. The maximum atomic E-state index is 12.6. The molecule has 0 bridgehead atoms.